The van der Waals surface area contributed by atoms with Gasteiger partial charge in [0.1, 0.15) is 23.0 Å². The molecule has 0 radical (unpaired) electrons. The molecule has 38 heavy (non-hydrogen) atoms. The highest BCUT2D eigenvalue weighted by atomic mass is 35.5. The van der Waals surface area contributed by atoms with Crippen LogP contribution in [0.15, 0.2) is 65.2 Å². The monoisotopic (exact) mass is 548 g/mol. The highest BCUT2D eigenvalue weighted by Gasteiger charge is 2.24. The first-order valence-electron chi connectivity index (χ1n) is 11.6. The summed E-state index contributed by atoms with van der Waals surface area (Å²) in [4.78, 5) is 23.8. The largest absolute Gasteiger partial charge is 0.481 e. The molecular weight excluding hydrogens is 528 g/mol. The summed E-state index contributed by atoms with van der Waals surface area (Å²) in [5, 5.41) is 20.6. The summed E-state index contributed by atoms with van der Waals surface area (Å²) in [7, 11) is 0. The topological polar surface area (TPSA) is 127 Å². The van der Waals surface area contributed by atoms with Crippen LogP contribution < -0.4 is 5.32 Å². The van der Waals surface area contributed by atoms with E-state index in [1.54, 1.807) is 44.2 Å². The number of hydrogen-bond acceptors (Lipinski definition) is 8. The van der Waals surface area contributed by atoms with E-state index in [1.807, 2.05) is 30.3 Å². The zero-order valence-electron chi connectivity index (χ0n) is 20.3. The van der Waals surface area contributed by atoms with E-state index in [-0.39, 0.29) is 6.42 Å². The minimum atomic E-state index is -0.884. The van der Waals surface area contributed by atoms with Crippen molar-refractivity contribution < 1.29 is 24.0 Å². The molecule has 0 aliphatic carbocycles. The number of carbonyl (C=O) groups excluding carboxylic acids is 1. The van der Waals surface area contributed by atoms with Crippen molar-refractivity contribution in [2.45, 2.75) is 26.4 Å². The van der Waals surface area contributed by atoms with E-state index in [0.717, 1.165) is 15.8 Å². The van der Waals surface area contributed by atoms with Gasteiger partial charge in [0, 0.05) is 16.1 Å². The van der Waals surface area contributed by atoms with Gasteiger partial charge < -0.3 is 14.4 Å². The molecule has 5 aromatic rings. The van der Waals surface area contributed by atoms with Crippen LogP contribution in [0, 0.1) is 6.92 Å². The average Bonchev–Trinajstić information content (AvgIpc) is 3.51. The number of aromatic nitrogens is 3. The van der Waals surface area contributed by atoms with E-state index in [0.29, 0.717) is 44.4 Å². The second kappa shape index (κ2) is 10.6. The number of aliphatic carboxylic acids is 1. The predicted octanol–water partition coefficient (Wildman–Crippen LogP) is 6.91. The van der Waals surface area contributed by atoms with Crippen LogP contribution in [0.2, 0.25) is 5.02 Å². The highest BCUT2D eigenvalue weighted by Crippen LogP contribution is 2.40. The number of carbonyl (C=O) groups is 2. The highest BCUT2D eigenvalue weighted by molar-refractivity contribution is 7.13. The summed E-state index contributed by atoms with van der Waals surface area (Å²) in [6, 6.07) is 18.2. The van der Waals surface area contributed by atoms with E-state index in [4.69, 9.17) is 26.0 Å². The molecule has 1 atom stereocenters. The van der Waals surface area contributed by atoms with Crippen molar-refractivity contribution in [1.82, 2.24) is 14.7 Å². The lowest BCUT2D eigenvalue weighted by Gasteiger charge is -2.15. The summed E-state index contributed by atoms with van der Waals surface area (Å²) in [5.74, 6) is -0.559. The third-order valence-electron chi connectivity index (χ3n) is 5.99. The first-order valence-corrected chi connectivity index (χ1v) is 12.7. The summed E-state index contributed by atoms with van der Waals surface area (Å²) < 4.78 is 16.1. The van der Waals surface area contributed by atoms with Crippen molar-refractivity contribution >= 4 is 51.1 Å². The Morgan fingerprint density at radius 3 is 2.58 bits per heavy atom. The van der Waals surface area contributed by atoms with Gasteiger partial charge >= 0.3 is 12.1 Å². The number of amides is 1. The quantitative estimate of drug-likeness (QED) is 0.224. The van der Waals surface area contributed by atoms with Crippen molar-refractivity contribution in [2.75, 3.05) is 5.32 Å². The molecule has 0 saturated carbocycles. The van der Waals surface area contributed by atoms with Gasteiger partial charge in [-0.2, -0.15) is 0 Å². The third kappa shape index (κ3) is 5.09. The van der Waals surface area contributed by atoms with Crippen LogP contribution in [-0.4, -0.2) is 31.9 Å². The van der Waals surface area contributed by atoms with Crippen LogP contribution in [0.3, 0.4) is 0 Å². The fourth-order valence-corrected chi connectivity index (χ4v) is 5.13. The van der Waals surface area contributed by atoms with E-state index >= 15 is 0 Å². The number of halogens is 1. The van der Waals surface area contributed by atoms with Gasteiger partial charge in [-0.1, -0.05) is 69.8 Å². The minimum absolute atomic E-state index is 0.0447. The summed E-state index contributed by atoms with van der Waals surface area (Å²) in [6.07, 6.45) is -1.31. The van der Waals surface area contributed by atoms with Crippen molar-refractivity contribution in [1.29, 1.82) is 0 Å². The van der Waals surface area contributed by atoms with Gasteiger partial charge in [0.05, 0.1) is 16.7 Å². The Balaban J connectivity index is 1.43. The first-order chi connectivity index (χ1) is 18.3. The van der Waals surface area contributed by atoms with Crippen LogP contribution in [0.5, 0.6) is 0 Å². The van der Waals surface area contributed by atoms with Gasteiger partial charge in [-0.3, -0.25) is 10.1 Å². The van der Waals surface area contributed by atoms with Gasteiger partial charge in [0.25, 0.3) is 0 Å². The van der Waals surface area contributed by atoms with Crippen LogP contribution >= 0.6 is 23.1 Å². The Morgan fingerprint density at radius 1 is 1.11 bits per heavy atom. The van der Waals surface area contributed by atoms with Crippen molar-refractivity contribution in [3.8, 4) is 22.5 Å². The minimum Gasteiger partial charge on any atom is -0.481 e. The normalized spacial score (nSPS) is 11.9. The number of nitrogens with one attached hydrogen (secondary N) is 1. The number of rotatable bonds is 7. The predicted molar refractivity (Wildman–Crippen MR) is 144 cm³/mol. The Kier molecular flexibility index (Phi) is 7.08. The molecule has 2 heterocycles. The number of carboxylic acid groups (broad SMARTS) is 1. The van der Waals surface area contributed by atoms with Crippen LogP contribution in [0.1, 0.15) is 29.8 Å². The summed E-state index contributed by atoms with van der Waals surface area (Å²) in [6.45, 7) is 3.45. The van der Waals surface area contributed by atoms with Gasteiger partial charge in [-0.25, -0.2) is 4.79 Å². The molecule has 0 fully saturated rings. The fourth-order valence-electron chi connectivity index (χ4n) is 4.11. The summed E-state index contributed by atoms with van der Waals surface area (Å²) in [5.41, 5.74) is 5.20. The number of fused-ring (bicyclic) bond motifs is 1. The zero-order valence-corrected chi connectivity index (χ0v) is 21.8. The lowest BCUT2D eigenvalue weighted by atomic mass is 9.99. The van der Waals surface area contributed by atoms with Crippen LogP contribution in [0.25, 0.3) is 32.7 Å². The molecule has 0 aliphatic heterocycles. The average molecular weight is 549 g/mol. The molecule has 0 bridgehead atoms. The maximum Gasteiger partial charge on any atom is 0.412 e. The molecule has 11 heteroatoms. The lowest BCUT2D eigenvalue weighted by molar-refractivity contribution is -0.136. The first kappa shape index (κ1) is 25.4. The SMILES string of the molecule is Cc1noc(-c2ccc(-c3ccc(CC(=O)O)cc3)c3snnc23)c1NC(=O)OC(C)c1ccccc1Cl. The van der Waals surface area contributed by atoms with Gasteiger partial charge in [-0.05, 0) is 48.6 Å². The van der Waals surface area contributed by atoms with E-state index in [9.17, 15) is 9.59 Å². The van der Waals surface area contributed by atoms with Crippen LogP contribution in [0.4, 0.5) is 10.5 Å². The van der Waals surface area contributed by atoms with E-state index in [1.165, 1.54) is 11.5 Å². The van der Waals surface area contributed by atoms with Crippen molar-refractivity contribution in [3.63, 3.8) is 0 Å². The van der Waals surface area contributed by atoms with Crippen molar-refractivity contribution in [2.24, 2.45) is 0 Å². The van der Waals surface area contributed by atoms with Gasteiger partial charge in [0.15, 0.2) is 5.76 Å². The third-order valence-corrected chi connectivity index (χ3v) is 7.09. The molecule has 192 valence electrons. The second-order valence-electron chi connectivity index (χ2n) is 8.54. The number of aryl methyl sites for hydroxylation is 1. The zero-order chi connectivity index (χ0) is 26.8. The number of carboxylic acids is 1. The Morgan fingerprint density at radius 2 is 1.84 bits per heavy atom. The molecule has 2 aromatic heterocycles. The Labute approximate surface area is 226 Å². The van der Waals surface area contributed by atoms with Gasteiger partial charge in [-0.15, -0.1) is 5.10 Å². The van der Waals surface area contributed by atoms with Crippen molar-refractivity contribution in [3.05, 3.63) is 82.5 Å². The molecule has 0 aliphatic rings. The molecule has 0 spiro atoms. The molecule has 5 rings (SSSR count). The Hall–Kier alpha value is -4.28. The number of anilines is 1. The smallest absolute Gasteiger partial charge is 0.412 e. The van der Waals surface area contributed by atoms with E-state index in [2.05, 4.69) is 20.1 Å². The summed E-state index contributed by atoms with van der Waals surface area (Å²) >= 11 is 7.46. The fraction of sp³-hybridized carbons (Fsp3) is 0.148. The number of benzene rings is 3. The Bertz CT molecular complexity index is 1650. The number of ether oxygens (including phenoxy) is 1. The number of nitrogens with zero attached hydrogens (tertiary/aromatic N) is 3. The van der Waals surface area contributed by atoms with Gasteiger partial charge in [0.2, 0.25) is 0 Å². The number of hydrogen-bond donors (Lipinski definition) is 2. The lowest BCUT2D eigenvalue weighted by Crippen LogP contribution is -2.17. The molecule has 0 saturated heterocycles. The molecule has 1 amide bonds. The second-order valence-corrected chi connectivity index (χ2v) is 9.71. The maximum absolute atomic E-state index is 12.8. The molecule has 1 unspecified atom stereocenters. The van der Waals surface area contributed by atoms with Crippen LogP contribution in [-0.2, 0) is 16.0 Å². The standard InChI is InChI=1S/C27H21ClN4O5S/c1-14-23(29-27(35)36-15(2)18-5-3-4-6-21(18)28)25(37-31-14)20-12-11-19(26-24(20)30-32-38-26)17-9-7-16(8-10-17)13-22(33)34/h3-12,15H,13H2,1-2H3,(H,29,35)(H,33,34). The maximum atomic E-state index is 12.8. The molecule has 2 N–H and O–H groups in total. The molecular formula is C27H21ClN4O5S. The molecule has 3 aromatic carbocycles. The van der Waals surface area contributed by atoms with E-state index < -0.39 is 18.2 Å². The molecule has 9 nitrogen and oxygen atoms in total.